The Balaban J connectivity index is 3.32. The summed E-state index contributed by atoms with van der Waals surface area (Å²) >= 11 is 11.5. The number of nitriles is 2. The molecule has 0 aliphatic heterocycles. The first kappa shape index (κ1) is 14.7. The largest absolute Gasteiger partial charge is 0.246 e. The fourth-order valence-electron chi connectivity index (χ4n) is 1.20. The van der Waals surface area contributed by atoms with Gasteiger partial charge in [-0.15, -0.1) is 0 Å². The molecule has 0 saturated heterocycles. The van der Waals surface area contributed by atoms with Gasteiger partial charge in [-0.3, -0.25) is 0 Å². The number of rotatable bonds is 4. The third-order valence-electron chi connectivity index (χ3n) is 2.01. The van der Waals surface area contributed by atoms with Gasteiger partial charge in [-0.05, 0) is 18.2 Å². The van der Waals surface area contributed by atoms with E-state index in [4.69, 9.17) is 33.7 Å². The van der Waals surface area contributed by atoms with Gasteiger partial charge in [0.05, 0.1) is 17.2 Å². The third-order valence-corrected chi connectivity index (χ3v) is 4.51. The highest BCUT2D eigenvalue weighted by atomic mass is 35.5. The second-order valence-corrected chi connectivity index (χ2v) is 5.91. The quantitative estimate of drug-likeness (QED) is 0.797. The number of halogens is 2. The van der Waals surface area contributed by atoms with Crippen molar-refractivity contribution in [3.05, 3.63) is 28.2 Å². The van der Waals surface area contributed by atoms with Crippen LogP contribution in [0, 0.1) is 22.7 Å². The summed E-state index contributed by atoms with van der Waals surface area (Å²) in [5.41, 5.74) is 0. The highest BCUT2D eigenvalue weighted by molar-refractivity contribution is 7.89. The molecule has 0 aliphatic rings. The molecule has 1 rings (SSSR count). The van der Waals surface area contributed by atoms with Gasteiger partial charge in [-0.1, -0.05) is 23.2 Å². The predicted molar refractivity (Wildman–Crippen MR) is 66.4 cm³/mol. The first-order chi connectivity index (χ1) is 8.43. The molecule has 0 radical (unpaired) electrons. The lowest BCUT2D eigenvalue weighted by molar-refractivity contribution is 0.479. The second-order valence-electron chi connectivity index (χ2n) is 3.16. The molecule has 1 aromatic rings. The molecule has 0 spiro atoms. The second kappa shape index (κ2) is 6.03. The lowest BCUT2D eigenvalue weighted by Gasteiger charge is -2.16. The number of nitrogens with zero attached hydrogens (tertiary/aromatic N) is 3. The lowest BCUT2D eigenvalue weighted by Crippen LogP contribution is -2.32. The van der Waals surface area contributed by atoms with E-state index in [0.29, 0.717) is 0 Å². The Labute approximate surface area is 115 Å². The number of hydrogen-bond donors (Lipinski definition) is 0. The molecule has 8 heteroatoms. The monoisotopic (exact) mass is 303 g/mol. The van der Waals surface area contributed by atoms with Crippen LogP contribution in [0.1, 0.15) is 0 Å². The molecule has 0 amide bonds. The molecule has 1 aromatic carbocycles. The van der Waals surface area contributed by atoms with E-state index in [9.17, 15) is 8.42 Å². The maximum atomic E-state index is 12.2. The van der Waals surface area contributed by atoms with Crippen molar-refractivity contribution >= 4 is 33.2 Å². The zero-order chi connectivity index (χ0) is 13.8. The summed E-state index contributed by atoms with van der Waals surface area (Å²) in [5.74, 6) is 0. The van der Waals surface area contributed by atoms with Crippen molar-refractivity contribution in [1.82, 2.24) is 4.31 Å². The molecule has 94 valence electrons. The molecule has 0 heterocycles. The fraction of sp³-hybridized carbons (Fsp3) is 0.200. The van der Waals surface area contributed by atoms with Gasteiger partial charge >= 0.3 is 0 Å². The Kier molecular flexibility index (Phi) is 4.94. The summed E-state index contributed by atoms with van der Waals surface area (Å²) in [6.07, 6.45) is 0. The summed E-state index contributed by atoms with van der Waals surface area (Å²) in [7, 11) is -4.01. The zero-order valence-electron chi connectivity index (χ0n) is 8.97. The van der Waals surface area contributed by atoms with Crippen molar-refractivity contribution in [3.63, 3.8) is 0 Å². The number of sulfonamides is 1. The van der Waals surface area contributed by atoms with Crippen LogP contribution >= 0.6 is 23.2 Å². The van der Waals surface area contributed by atoms with Gasteiger partial charge in [0.1, 0.15) is 18.0 Å². The average molecular weight is 304 g/mol. The van der Waals surface area contributed by atoms with Crippen LogP contribution in [-0.4, -0.2) is 25.8 Å². The van der Waals surface area contributed by atoms with Crippen LogP contribution in [0.5, 0.6) is 0 Å². The van der Waals surface area contributed by atoms with E-state index < -0.39 is 23.1 Å². The lowest BCUT2D eigenvalue weighted by atomic mass is 10.4. The normalized spacial score (nSPS) is 10.9. The van der Waals surface area contributed by atoms with Crippen LogP contribution < -0.4 is 0 Å². The van der Waals surface area contributed by atoms with Crippen LogP contribution in [0.15, 0.2) is 23.1 Å². The summed E-state index contributed by atoms with van der Waals surface area (Å²) < 4.78 is 25.1. The Bertz CT molecular complexity index is 616. The standard InChI is InChI=1S/C10H7Cl2N3O2S/c11-8-1-2-9(12)10(7-8)18(16,17)15(5-3-13)6-4-14/h1-2,7H,5-6H2. The zero-order valence-corrected chi connectivity index (χ0v) is 11.3. The molecular formula is C10H7Cl2N3O2S. The van der Waals surface area contributed by atoms with E-state index in [1.54, 1.807) is 12.1 Å². The molecule has 0 saturated carbocycles. The van der Waals surface area contributed by atoms with E-state index in [1.165, 1.54) is 18.2 Å². The van der Waals surface area contributed by atoms with Crippen LogP contribution in [0.25, 0.3) is 0 Å². The van der Waals surface area contributed by atoms with Crippen molar-refractivity contribution in [1.29, 1.82) is 10.5 Å². The Morgan fingerprint density at radius 2 is 1.72 bits per heavy atom. The average Bonchev–Trinajstić information content (AvgIpc) is 2.32. The summed E-state index contributed by atoms with van der Waals surface area (Å²) in [4.78, 5) is -0.220. The van der Waals surface area contributed by atoms with Crippen molar-refractivity contribution in [2.75, 3.05) is 13.1 Å². The topological polar surface area (TPSA) is 85.0 Å². The first-order valence-electron chi connectivity index (χ1n) is 4.62. The highest BCUT2D eigenvalue weighted by Gasteiger charge is 2.26. The van der Waals surface area contributed by atoms with E-state index in [0.717, 1.165) is 4.31 Å². The Morgan fingerprint density at radius 3 is 2.22 bits per heavy atom. The maximum absolute atomic E-state index is 12.2. The van der Waals surface area contributed by atoms with E-state index in [2.05, 4.69) is 0 Å². The summed E-state index contributed by atoms with van der Waals surface area (Å²) in [6, 6.07) is 7.33. The number of hydrogen-bond acceptors (Lipinski definition) is 4. The van der Waals surface area contributed by atoms with Gasteiger partial charge < -0.3 is 0 Å². The Hall–Kier alpha value is -1.31. The van der Waals surface area contributed by atoms with E-state index >= 15 is 0 Å². The molecule has 0 N–H and O–H groups in total. The molecule has 0 bridgehead atoms. The Morgan fingerprint density at radius 1 is 1.17 bits per heavy atom. The number of benzene rings is 1. The van der Waals surface area contributed by atoms with Gasteiger partial charge in [-0.2, -0.15) is 14.8 Å². The van der Waals surface area contributed by atoms with Gasteiger partial charge in [0.15, 0.2) is 0 Å². The molecule has 0 unspecified atom stereocenters. The third kappa shape index (κ3) is 3.12. The molecule has 18 heavy (non-hydrogen) atoms. The minimum Gasteiger partial charge on any atom is -0.207 e. The molecular weight excluding hydrogens is 297 g/mol. The smallest absolute Gasteiger partial charge is 0.207 e. The van der Waals surface area contributed by atoms with Gasteiger partial charge in [0.25, 0.3) is 0 Å². The molecule has 0 aromatic heterocycles. The van der Waals surface area contributed by atoms with Crippen LogP contribution in [0.4, 0.5) is 0 Å². The molecule has 0 fully saturated rings. The van der Waals surface area contributed by atoms with Gasteiger partial charge in [0.2, 0.25) is 10.0 Å². The predicted octanol–water partition coefficient (Wildman–Crippen LogP) is 2.03. The molecule has 0 atom stereocenters. The van der Waals surface area contributed by atoms with E-state index in [1.807, 2.05) is 0 Å². The summed E-state index contributed by atoms with van der Waals surface area (Å²) in [5, 5.41) is 17.3. The fourth-order valence-corrected chi connectivity index (χ4v) is 3.17. The van der Waals surface area contributed by atoms with Gasteiger partial charge in [-0.25, -0.2) is 8.42 Å². The SMILES string of the molecule is N#CCN(CC#N)S(=O)(=O)c1cc(Cl)ccc1Cl. The van der Waals surface area contributed by atoms with Crippen molar-refractivity contribution in [2.45, 2.75) is 4.90 Å². The van der Waals surface area contributed by atoms with Gasteiger partial charge in [0, 0.05) is 5.02 Å². The minimum absolute atomic E-state index is 0.0136. The van der Waals surface area contributed by atoms with Crippen molar-refractivity contribution in [2.24, 2.45) is 0 Å². The summed E-state index contributed by atoms with van der Waals surface area (Å²) in [6.45, 7) is -0.864. The van der Waals surface area contributed by atoms with Crippen LogP contribution in [-0.2, 0) is 10.0 Å². The maximum Gasteiger partial charge on any atom is 0.246 e. The van der Waals surface area contributed by atoms with Crippen LogP contribution in [0.2, 0.25) is 10.0 Å². The first-order valence-corrected chi connectivity index (χ1v) is 6.82. The van der Waals surface area contributed by atoms with Crippen molar-refractivity contribution in [3.8, 4) is 12.1 Å². The highest BCUT2D eigenvalue weighted by Crippen LogP contribution is 2.27. The van der Waals surface area contributed by atoms with Crippen LogP contribution in [0.3, 0.4) is 0 Å². The minimum atomic E-state index is -4.01. The molecule has 0 aliphatic carbocycles. The van der Waals surface area contributed by atoms with E-state index in [-0.39, 0.29) is 14.9 Å². The molecule has 5 nitrogen and oxygen atoms in total. The van der Waals surface area contributed by atoms with Crippen molar-refractivity contribution < 1.29 is 8.42 Å².